The summed E-state index contributed by atoms with van der Waals surface area (Å²) in [7, 11) is -4.76. The molecule has 0 aromatic rings. The number of ether oxygens (including phenoxy) is 3. The molecule has 0 radical (unpaired) electrons. The first-order valence-corrected chi connectivity index (χ1v) is 27.6. The second-order valence-electron chi connectivity index (χ2n) is 16.9. The van der Waals surface area contributed by atoms with E-state index in [1.165, 1.54) is 44.9 Å². The minimum absolute atomic E-state index is 0.0960. The van der Waals surface area contributed by atoms with Crippen LogP contribution in [0, 0.1) is 0 Å². The lowest BCUT2D eigenvalue weighted by Gasteiger charge is -2.21. The average molecular weight is 973 g/mol. The first-order chi connectivity index (χ1) is 33.2. The molecule has 0 aliphatic heterocycles. The molecule has 0 heterocycles. The van der Waals surface area contributed by atoms with E-state index in [0.29, 0.717) is 19.3 Å². The van der Waals surface area contributed by atoms with Gasteiger partial charge in [0.1, 0.15) is 12.7 Å². The minimum atomic E-state index is -4.76. The van der Waals surface area contributed by atoms with E-state index in [0.717, 1.165) is 96.3 Å². The van der Waals surface area contributed by atoms with Crippen molar-refractivity contribution in [3.05, 3.63) is 97.2 Å². The molecule has 0 fully saturated rings. The van der Waals surface area contributed by atoms with Crippen LogP contribution in [0.3, 0.4) is 0 Å². The molecule has 0 saturated heterocycles. The van der Waals surface area contributed by atoms with Gasteiger partial charge in [0.05, 0.1) is 19.8 Å². The van der Waals surface area contributed by atoms with Crippen molar-refractivity contribution >= 4 is 25.7 Å². The molecule has 11 nitrogen and oxygen atoms in total. The van der Waals surface area contributed by atoms with E-state index in [1.54, 1.807) is 0 Å². The Morgan fingerprint density at radius 2 is 0.794 bits per heavy atom. The summed E-state index contributed by atoms with van der Waals surface area (Å²) in [5.74, 6) is -1.60. The minimum Gasteiger partial charge on any atom is -0.462 e. The van der Waals surface area contributed by atoms with Crippen molar-refractivity contribution in [2.24, 2.45) is 0 Å². The lowest BCUT2D eigenvalue weighted by molar-refractivity contribution is -0.161. The summed E-state index contributed by atoms with van der Waals surface area (Å²) < 4.78 is 39.2. The van der Waals surface area contributed by atoms with E-state index in [1.807, 2.05) is 12.2 Å². The predicted molar refractivity (Wildman–Crippen MR) is 279 cm³/mol. The third kappa shape index (κ3) is 47.5. The van der Waals surface area contributed by atoms with Crippen molar-refractivity contribution < 1.29 is 52.2 Å². The zero-order valence-corrected chi connectivity index (χ0v) is 43.4. The molecular weight excluding hydrogens is 880 g/mol. The molecule has 0 rings (SSSR count). The van der Waals surface area contributed by atoms with Crippen LogP contribution in [0.4, 0.5) is 0 Å². The van der Waals surface area contributed by atoms with Gasteiger partial charge < -0.3 is 24.2 Å². The molecule has 68 heavy (non-hydrogen) atoms. The van der Waals surface area contributed by atoms with Gasteiger partial charge in [-0.15, -0.1) is 0 Å². The van der Waals surface area contributed by atoms with Gasteiger partial charge in [-0.05, 0) is 83.5 Å². The van der Waals surface area contributed by atoms with Gasteiger partial charge in [-0.2, -0.15) is 0 Å². The van der Waals surface area contributed by atoms with Crippen LogP contribution in [0.15, 0.2) is 97.2 Å². The maximum absolute atomic E-state index is 12.8. The Morgan fingerprint density at radius 1 is 0.426 bits per heavy atom. The maximum atomic E-state index is 12.8. The molecular formula is C56H93O11P. The maximum Gasteiger partial charge on any atom is 0.472 e. The summed E-state index contributed by atoms with van der Waals surface area (Å²) in [6.45, 7) is 4.27. The van der Waals surface area contributed by atoms with Crippen LogP contribution in [0.5, 0.6) is 0 Å². The van der Waals surface area contributed by atoms with Gasteiger partial charge in [-0.3, -0.25) is 23.4 Å². The van der Waals surface area contributed by atoms with E-state index < -0.39 is 57.8 Å². The number of carbonyl (C=O) groups excluding carboxylic acids is 3. The monoisotopic (exact) mass is 973 g/mol. The Hall–Kier alpha value is -3.60. The van der Waals surface area contributed by atoms with Gasteiger partial charge in [0.25, 0.3) is 0 Å². The number of phosphoric acid groups is 1. The van der Waals surface area contributed by atoms with Crippen LogP contribution in [-0.4, -0.2) is 66.5 Å². The molecule has 0 amide bonds. The lowest BCUT2D eigenvalue weighted by atomic mass is 10.1. The highest BCUT2D eigenvalue weighted by atomic mass is 31.2. The SMILES string of the molecule is CC/C=C\C/C=C\C/C=C\C/C=C\CCCCCCC(=O)OC(COC(=O)CC/C=C\C/C=C\C/C=C\C/C=C\CC)COP(=O)(O)OCC(CO)OC(=O)CCCCCCCCCCCCC. The number of hydrogen-bond acceptors (Lipinski definition) is 10. The Morgan fingerprint density at radius 3 is 1.24 bits per heavy atom. The van der Waals surface area contributed by atoms with E-state index in [4.69, 9.17) is 23.3 Å². The number of rotatable bonds is 47. The normalized spacial score (nSPS) is 14.2. The van der Waals surface area contributed by atoms with Crippen molar-refractivity contribution in [1.29, 1.82) is 0 Å². The summed E-state index contributed by atoms with van der Waals surface area (Å²) in [5, 5.41) is 9.76. The van der Waals surface area contributed by atoms with E-state index >= 15 is 0 Å². The van der Waals surface area contributed by atoms with Crippen LogP contribution < -0.4 is 0 Å². The summed E-state index contributed by atoms with van der Waals surface area (Å²) in [4.78, 5) is 48.3. The van der Waals surface area contributed by atoms with Gasteiger partial charge in [-0.1, -0.05) is 195 Å². The van der Waals surface area contributed by atoms with E-state index in [2.05, 4.69) is 106 Å². The van der Waals surface area contributed by atoms with Gasteiger partial charge in [-0.25, -0.2) is 4.57 Å². The predicted octanol–water partition coefficient (Wildman–Crippen LogP) is 14.9. The number of unbranched alkanes of at least 4 members (excludes halogenated alkanes) is 14. The highest BCUT2D eigenvalue weighted by Gasteiger charge is 2.28. The third-order valence-electron chi connectivity index (χ3n) is 10.5. The molecule has 12 heteroatoms. The smallest absolute Gasteiger partial charge is 0.462 e. The van der Waals surface area contributed by atoms with Crippen molar-refractivity contribution in [3.8, 4) is 0 Å². The van der Waals surface area contributed by atoms with Crippen molar-refractivity contribution in [2.75, 3.05) is 26.4 Å². The van der Waals surface area contributed by atoms with Gasteiger partial charge >= 0.3 is 25.7 Å². The second kappa shape index (κ2) is 49.8. The molecule has 3 unspecified atom stereocenters. The Bertz CT molecular complexity index is 1510. The largest absolute Gasteiger partial charge is 0.472 e. The average Bonchev–Trinajstić information content (AvgIpc) is 3.32. The molecule has 0 aliphatic carbocycles. The highest BCUT2D eigenvalue weighted by molar-refractivity contribution is 7.47. The number of aliphatic hydroxyl groups is 1. The number of hydrogen-bond donors (Lipinski definition) is 2. The summed E-state index contributed by atoms with van der Waals surface area (Å²) in [6.07, 6.45) is 56.8. The molecule has 0 aliphatic rings. The molecule has 0 bridgehead atoms. The molecule has 2 N–H and O–H groups in total. The van der Waals surface area contributed by atoms with Gasteiger partial charge in [0.2, 0.25) is 0 Å². The zero-order valence-electron chi connectivity index (χ0n) is 42.5. The molecule has 0 spiro atoms. The zero-order chi connectivity index (χ0) is 49.9. The molecule has 0 aromatic carbocycles. The van der Waals surface area contributed by atoms with Crippen LogP contribution in [0.25, 0.3) is 0 Å². The second-order valence-corrected chi connectivity index (χ2v) is 18.4. The van der Waals surface area contributed by atoms with Crippen LogP contribution in [0.2, 0.25) is 0 Å². The summed E-state index contributed by atoms with van der Waals surface area (Å²) in [5.41, 5.74) is 0. The molecule has 0 saturated carbocycles. The first-order valence-electron chi connectivity index (χ1n) is 26.1. The highest BCUT2D eigenvalue weighted by Crippen LogP contribution is 2.43. The lowest BCUT2D eigenvalue weighted by Crippen LogP contribution is -2.30. The van der Waals surface area contributed by atoms with Crippen molar-refractivity contribution in [1.82, 2.24) is 0 Å². The topological polar surface area (TPSA) is 155 Å². The Balaban J connectivity index is 4.88. The number of aliphatic hydroxyl groups excluding tert-OH is 1. The van der Waals surface area contributed by atoms with E-state index in [-0.39, 0.29) is 25.9 Å². The summed E-state index contributed by atoms with van der Waals surface area (Å²) >= 11 is 0. The van der Waals surface area contributed by atoms with Crippen LogP contribution in [-0.2, 0) is 42.2 Å². The van der Waals surface area contributed by atoms with E-state index in [9.17, 15) is 28.9 Å². The molecule has 3 atom stereocenters. The number of allylic oxidation sites excluding steroid dienone is 16. The number of esters is 3. The fourth-order valence-electron chi connectivity index (χ4n) is 6.59. The fraction of sp³-hybridized carbons (Fsp3) is 0.661. The van der Waals surface area contributed by atoms with Crippen molar-refractivity contribution in [3.63, 3.8) is 0 Å². The van der Waals surface area contributed by atoms with Crippen LogP contribution >= 0.6 is 7.82 Å². The standard InChI is InChI=1S/C56H93O11P/c1-4-7-10-13-16-19-22-24-25-26-27-29-32-35-38-41-44-47-56(60)67-53(49-63-54(58)45-42-39-36-33-31-28-23-20-17-14-11-8-5-2)51-65-68(61,62)64-50-52(48-57)66-55(59)46-43-40-37-34-30-21-18-15-12-9-6-3/h7-8,10-11,16-17,19-20,24-25,27-29,31,36,39,52-53,57H,4-6,9,12-15,18,21-23,26,30,32-35,37-38,40-51H2,1-3H3,(H,61,62)/b10-7-,11-8-,19-16-,20-17-,25-24-,29-27-,31-28-,39-36-. The Kier molecular flexibility index (Phi) is 47.2. The van der Waals surface area contributed by atoms with Crippen molar-refractivity contribution in [2.45, 2.75) is 213 Å². The molecule has 388 valence electrons. The van der Waals surface area contributed by atoms with Crippen LogP contribution in [0.1, 0.15) is 201 Å². The number of phosphoric ester groups is 1. The first kappa shape index (κ1) is 64.4. The number of carbonyl (C=O) groups is 3. The quantitative estimate of drug-likeness (QED) is 0.0197. The molecule has 0 aromatic heterocycles. The fourth-order valence-corrected chi connectivity index (χ4v) is 7.38. The Labute approximate surface area is 412 Å². The summed E-state index contributed by atoms with van der Waals surface area (Å²) in [6, 6.07) is 0. The third-order valence-corrected chi connectivity index (χ3v) is 11.5. The van der Waals surface area contributed by atoms with Gasteiger partial charge in [0.15, 0.2) is 6.10 Å². The van der Waals surface area contributed by atoms with Gasteiger partial charge in [0, 0.05) is 19.3 Å².